The largest absolute Gasteiger partial charge is 0.419 e. The number of carbonyl (C=O) groups excluding carboxylic acids is 1. The predicted octanol–water partition coefficient (Wildman–Crippen LogP) is 4.21. The Hall–Kier alpha value is -3.20. The van der Waals surface area contributed by atoms with Gasteiger partial charge in [0.2, 0.25) is 5.91 Å². The maximum Gasteiger partial charge on any atom is 0.419 e. The van der Waals surface area contributed by atoms with Gasteiger partial charge in [-0.1, -0.05) is 12.1 Å². The van der Waals surface area contributed by atoms with E-state index in [1.54, 1.807) is 35.9 Å². The summed E-state index contributed by atoms with van der Waals surface area (Å²) in [5.74, 6) is -1.96. The highest BCUT2D eigenvalue weighted by Gasteiger charge is 2.34. The number of benzene rings is 2. The van der Waals surface area contributed by atoms with Crippen molar-refractivity contribution in [3.63, 3.8) is 0 Å². The molecule has 0 aliphatic rings. The molecule has 5 nitrogen and oxygen atoms in total. The van der Waals surface area contributed by atoms with Crippen molar-refractivity contribution in [1.82, 2.24) is 9.47 Å². The molecule has 1 aromatic heterocycles. The molecule has 0 fully saturated rings. The molecule has 0 atom stereocenters. The second-order valence-electron chi connectivity index (χ2n) is 7.87. The Morgan fingerprint density at radius 2 is 1.81 bits per heavy atom. The number of aryl methyl sites for hydroxylation is 1. The number of rotatable bonds is 6. The normalized spacial score (nSPS) is 11.9. The summed E-state index contributed by atoms with van der Waals surface area (Å²) in [6.45, 7) is 2.96. The summed E-state index contributed by atoms with van der Waals surface area (Å²) in [5.41, 5.74) is -0.301. The molecule has 170 valence electrons. The molecule has 1 N–H and O–H groups in total. The number of pyridine rings is 1. The number of halogens is 4. The van der Waals surface area contributed by atoms with Gasteiger partial charge in [-0.3, -0.25) is 9.59 Å². The summed E-state index contributed by atoms with van der Waals surface area (Å²) in [7, 11) is 3.82. The minimum Gasteiger partial charge on any atom is -0.325 e. The number of anilines is 1. The van der Waals surface area contributed by atoms with Crippen LogP contribution in [0.2, 0.25) is 0 Å². The van der Waals surface area contributed by atoms with Crippen LogP contribution in [0, 0.1) is 12.7 Å². The van der Waals surface area contributed by atoms with E-state index in [0.717, 1.165) is 11.6 Å². The van der Waals surface area contributed by atoms with Crippen molar-refractivity contribution in [2.45, 2.75) is 26.1 Å². The maximum absolute atomic E-state index is 13.8. The molecule has 0 saturated carbocycles. The Morgan fingerprint density at radius 3 is 2.44 bits per heavy atom. The molecule has 0 radical (unpaired) electrons. The molecule has 2 aromatic carbocycles. The van der Waals surface area contributed by atoms with Gasteiger partial charge < -0.3 is 14.8 Å². The average Bonchev–Trinajstić information content (AvgIpc) is 2.68. The van der Waals surface area contributed by atoms with Crippen molar-refractivity contribution in [2.24, 2.45) is 0 Å². The van der Waals surface area contributed by atoms with Crippen molar-refractivity contribution in [3.05, 3.63) is 75.5 Å². The van der Waals surface area contributed by atoms with Crippen LogP contribution < -0.4 is 10.9 Å². The summed E-state index contributed by atoms with van der Waals surface area (Å²) >= 11 is 0. The van der Waals surface area contributed by atoms with Crippen LogP contribution in [0.15, 0.2) is 47.4 Å². The number of fused-ring (bicyclic) bond motifs is 1. The summed E-state index contributed by atoms with van der Waals surface area (Å²) in [6, 6.07) is 7.56. The third-order valence-electron chi connectivity index (χ3n) is 5.12. The number of nitrogens with zero attached hydrogens (tertiary/aromatic N) is 2. The fourth-order valence-corrected chi connectivity index (χ4v) is 3.39. The third kappa shape index (κ3) is 5.16. The Labute approximate surface area is 182 Å². The number of carbonyl (C=O) groups is 1. The zero-order valence-electron chi connectivity index (χ0n) is 17.9. The first-order chi connectivity index (χ1) is 15.0. The number of alkyl halides is 3. The minimum atomic E-state index is -4.80. The highest BCUT2D eigenvalue weighted by molar-refractivity contribution is 6.03. The molecule has 1 amide bonds. The third-order valence-corrected chi connectivity index (χ3v) is 5.12. The van der Waals surface area contributed by atoms with Crippen LogP contribution in [-0.2, 0) is 23.9 Å². The molecule has 0 aliphatic heterocycles. The standard InChI is InChI=1S/C23H23F4N3O2/c1-14-4-6-17-16(8-9-30(22(17)32)11-10-29(2)3)21(14)28-20(31)13-15-5-7-18(19(24)12-15)23(25,26)27/h4-9,12H,10-11,13H2,1-3H3,(H,28,31). The van der Waals surface area contributed by atoms with Crippen LogP contribution in [0.5, 0.6) is 0 Å². The number of hydrogen-bond donors (Lipinski definition) is 1. The fourth-order valence-electron chi connectivity index (χ4n) is 3.39. The highest BCUT2D eigenvalue weighted by atomic mass is 19.4. The summed E-state index contributed by atoms with van der Waals surface area (Å²) in [5, 5.41) is 3.72. The van der Waals surface area contributed by atoms with Gasteiger partial charge >= 0.3 is 6.18 Å². The molecule has 0 spiro atoms. The Balaban J connectivity index is 1.86. The Kier molecular flexibility index (Phi) is 6.68. The van der Waals surface area contributed by atoms with Crippen LogP contribution in [0.25, 0.3) is 10.8 Å². The van der Waals surface area contributed by atoms with Gasteiger partial charge in [0.05, 0.1) is 17.7 Å². The first kappa shape index (κ1) is 23.5. The van der Waals surface area contributed by atoms with Crippen LogP contribution in [-0.4, -0.2) is 36.0 Å². The SMILES string of the molecule is Cc1ccc2c(=O)n(CCN(C)C)ccc2c1NC(=O)Cc1ccc(C(F)(F)F)c(F)c1. The Morgan fingerprint density at radius 1 is 1.09 bits per heavy atom. The van der Waals surface area contributed by atoms with E-state index in [0.29, 0.717) is 41.7 Å². The zero-order chi connectivity index (χ0) is 23.6. The van der Waals surface area contributed by atoms with Gasteiger partial charge in [0.1, 0.15) is 5.82 Å². The zero-order valence-corrected chi connectivity index (χ0v) is 17.9. The van der Waals surface area contributed by atoms with E-state index in [4.69, 9.17) is 0 Å². The molecule has 3 rings (SSSR count). The van der Waals surface area contributed by atoms with Gasteiger partial charge in [-0.15, -0.1) is 0 Å². The molecule has 9 heteroatoms. The second kappa shape index (κ2) is 9.12. The highest BCUT2D eigenvalue weighted by Crippen LogP contribution is 2.32. The molecular weight excluding hydrogens is 426 g/mol. The predicted molar refractivity (Wildman–Crippen MR) is 115 cm³/mol. The lowest BCUT2D eigenvalue weighted by molar-refractivity contribution is -0.140. The van der Waals surface area contributed by atoms with E-state index in [2.05, 4.69) is 5.32 Å². The molecule has 0 bridgehead atoms. The van der Waals surface area contributed by atoms with Crippen LogP contribution in [0.1, 0.15) is 16.7 Å². The van der Waals surface area contributed by atoms with Crippen molar-refractivity contribution >= 4 is 22.4 Å². The van der Waals surface area contributed by atoms with E-state index in [1.807, 2.05) is 19.0 Å². The second-order valence-corrected chi connectivity index (χ2v) is 7.87. The first-order valence-electron chi connectivity index (χ1n) is 9.90. The smallest absolute Gasteiger partial charge is 0.325 e. The van der Waals surface area contributed by atoms with E-state index in [-0.39, 0.29) is 17.5 Å². The van der Waals surface area contributed by atoms with Gasteiger partial charge in [-0.2, -0.15) is 13.2 Å². The van der Waals surface area contributed by atoms with Crippen LogP contribution in [0.4, 0.5) is 23.2 Å². The van der Waals surface area contributed by atoms with E-state index in [1.165, 1.54) is 0 Å². The number of hydrogen-bond acceptors (Lipinski definition) is 3. The summed E-state index contributed by atoms with van der Waals surface area (Å²) < 4.78 is 53.6. The number of nitrogens with one attached hydrogen (secondary N) is 1. The van der Waals surface area contributed by atoms with Crippen molar-refractivity contribution in [3.8, 4) is 0 Å². The first-order valence-corrected chi connectivity index (χ1v) is 9.90. The lowest BCUT2D eigenvalue weighted by atomic mass is 10.0. The van der Waals surface area contributed by atoms with E-state index >= 15 is 0 Å². The van der Waals surface area contributed by atoms with E-state index in [9.17, 15) is 27.2 Å². The average molecular weight is 449 g/mol. The number of likely N-dealkylation sites (N-methyl/N-ethyl adjacent to an activating group) is 1. The number of amides is 1. The lowest BCUT2D eigenvalue weighted by Gasteiger charge is -2.15. The van der Waals surface area contributed by atoms with Crippen molar-refractivity contribution in [2.75, 3.05) is 26.0 Å². The minimum absolute atomic E-state index is 0.108. The van der Waals surface area contributed by atoms with Gasteiger partial charge in [0.15, 0.2) is 0 Å². The molecule has 0 unspecified atom stereocenters. The number of aromatic nitrogens is 1. The molecule has 0 aliphatic carbocycles. The molecule has 1 heterocycles. The van der Waals surface area contributed by atoms with Crippen LogP contribution >= 0.6 is 0 Å². The molecular formula is C23H23F4N3O2. The van der Waals surface area contributed by atoms with Gasteiger partial charge in [0, 0.05) is 30.1 Å². The fraction of sp³-hybridized carbons (Fsp3) is 0.304. The van der Waals surface area contributed by atoms with Crippen LogP contribution in [0.3, 0.4) is 0 Å². The summed E-state index contributed by atoms with van der Waals surface area (Å²) in [6.07, 6.45) is -3.45. The summed E-state index contributed by atoms with van der Waals surface area (Å²) in [4.78, 5) is 27.3. The maximum atomic E-state index is 13.8. The van der Waals surface area contributed by atoms with Gasteiger partial charge in [-0.25, -0.2) is 4.39 Å². The van der Waals surface area contributed by atoms with Crippen molar-refractivity contribution in [1.29, 1.82) is 0 Å². The molecule has 0 saturated heterocycles. The Bertz CT molecular complexity index is 1220. The van der Waals surface area contributed by atoms with E-state index < -0.39 is 23.5 Å². The topological polar surface area (TPSA) is 54.3 Å². The van der Waals surface area contributed by atoms with Crippen molar-refractivity contribution < 1.29 is 22.4 Å². The molecule has 3 aromatic rings. The monoisotopic (exact) mass is 449 g/mol. The van der Waals surface area contributed by atoms with Gasteiger partial charge in [-0.05, 0) is 56.4 Å². The quantitative estimate of drug-likeness (QED) is 0.574. The lowest BCUT2D eigenvalue weighted by Crippen LogP contribution is -2.26. The molecule has 32 heavy (non-hydrogen) atoms. The van der Waals surface area contributed by atoms with Gasteiger partial charge in [0.25, 0.3) is 5.56 Å².